The van der Waals surface area contributed by atoms with Crippen LogP contribution >= 0.6 is 15.9 Å². The van der Waals surface area contributed by atoms with Gasteiger partial charge in [0.05, 0.1) is 13.5 Å². The number of methoxy groups -OCH3 is 1. The number of carbonyl (C=O) groups is 1. The summed E-state index contributed by atoms with van der Waals surface area (Å²) in [6, 6.07) is 11.1. The van der Waals surface area contributed by atoms with Crippen molar-refractivity contribution in [2.75, 3.05) is 19.1 Å². The number of hydrogen-bond acceptors (Lipinski definition) is 3. The van der Waals surface area contributed by atoms with Crippen molar-refractivity contribution in [1.82, 2.24) is 4.98 Å². The average Bonchev–Trinajstić information content (AvgIpc) is 2.47. The molecule has 4 nitrogen and oxygen atoms in total. The maximum atomic E-state index is 12.2. The van der Waals surface area contributed by atoms with Gasteiger partial charge in [-0.1, -0.05) is 28.1 Å². The van der Waals surface area contributed by atoms with Crippen molar-refractivity contribution in [2.24, 2.45) is 0 Å². The highest BCUT2D eigenvalue weighted by molar-refractivity contribution is 9.10. The molecule has 0 N–H and O–H groups in total. The normalized spacial score (nSPS) is 10.2. The number of likely N-dealkylation sites (N-methyl/N-ethyl adjacent to an activating group) is 1. The van der Waals surface area contributed by atoms with Crippen molar-refractivity contribution >= 4 is 27.7 Å². The number of nitrogens with zero attached hydrogens (tertiary/aromatic N) is 2. The molecule has 0 atom stereocenters. The highest BCUT2D eigenvalue weighted by Crippen LogP contribution is 2.17. The van der Waals surface area contributed by atoms with Gasteiger partial charge in [-0.3, -0.25) is 9.69 Å². The van der Waals surface area contributed by atoms with Gasteiger partial charge in [0.15, 0.2) is 0 Å². The summed E-state index contributed by atoms with van der Waals surface area (Å²) < 4.78 is 5.99. The highest BCUT2D eigenvalue weighted by atomic mass is 79.9. The van der Waals surface area contributed by atoms with Crippen molar-refractivity contribution in [2.45, 2.75) is 6.42 Å². The molecule has 1 aromatic carbocycles. The Morgan fingerprint density at radius 2 is 2.00 bits per heavy atom. The second-order valence-corrected chi connectivity index (χ2v) is 5.23. The number of rotatable bonds is 4. The molecule has 2 aromatic rings. The van der Waals surface area contributed by atoms with Gasteiger partial charge < -0.3 is 4.74 Å². The molecule has 1 amide bonds. The lowest BCUT2D eigenvalue weighted by Gasteiger charge is -2.16. The Hall–Kier alpha value is -1.88. The number of carbonyl (C=O) groups excluding carboxylic acids is 1. The molecule has 104 valence electrons. The molecule has 0 saturated carbocycles. The van der Waals surface area contributed by atoms with Crippen molar-refractivity contribution in [3.05, 3.63) is 52.6 Å². The number of hydrogen-bond donors (Lipinski definition) is 0. The molecule has 0 fully saturated rings. The van der Waals surface area contributed by atoms with E-state index in [9.17, 15) is 4.79 Å². The van der Waals surface area contributed by atoms with Crippen molar-refractivity contribution in [3.8, 4) is 5.75 Å². The van der Waals surface area contributed by atoms with Gasteiger partial charge in [-0.05, 0) is 29.8 Å². The van der Waals surface area contributed by atoms with Crippen LogP contribution in [-0.2, 0) is 11.2 Å². The van der Waals surface area contributed by atoms with Crippen LogP contribution in [0.25, 0.3) is 0 Å². The quantitative estimate of drug-likeness (QED) is 0.862. The molecular weight excluding hydrogens is 320 g/mol. The van der Waals surface area contributed by atoms with Gasteiger partial charge in [0, 0.05) is 17.7 Å². The summed E-state index contributed by atoms with van der Waals surface area (Å²) in [6.07, 6.45) is 1.99. The minimum absolute atomic E-state index is 0.0132. The number of amides is 1. The van der Waals surface area contributed by atoms with E-state index in [1.165, 1.54) is 0 Å². The van der Waals surface area contributed by atoms with Gasteiger partial charge >= 0.3 is 0 Å². The topological polar surface area (TPSA) is 42.4 Å². The summed E-state index contributed by atoms with van der Waals surface area (Å²) in [4.78, 5) is 18.0. The van der Waals surface area contributed by atoms with Crippen LogP contribution in [0.15, 0.2) is 47.1 Å². The van der Waals surface area contributed by atoms with E-state index in [4.69, 9.17) is 4.74 Å². The van der Waals surface area contributed by atoms with Gasteiger partial charge in [0.25, 0.3) is 0 Å². The molecule has 0 spiro atoms. The average molecular weight is 335 g/mol. The first-order valence-electron chi connectivity index (χ1n) is 6.11. The van der Waals surface area contributed by atoms with Gasteiger partial charge in [-0.25, -0.2) is 4.98 Å². The van der Waals surface area contributed by atoms with Crippen LogP contribution in [-0.4, -0.2) is 25.0 Å². The molecule has 0 bridgehead atoms. The Morgan fingerprint density at radius 1 is 1.30 bits per heavy atom. The zero-order valence-corrected chi connectivity index (χ0v) is 12.9. The lowest BCUT2D eigenvalue weighted by atomic mass is 10.1. The third-order valence-corrected chi connectivity index (χ3v) is 3.43. The molecule has 0 saturated heterocycles. The summed E-state index contributed by atoms with van der Waals surface area (Å²) in [5, 5.41) is 0. The fourth-order valence-corrected chi connectivity index (χ4v) is 2.06. The minimum Gasteiger partial charge on any atom is -0.497 e. The van der Waals surface area contributed by atoms with Crippen molar-refractivity contribution < 1.29 is 9.53 Å². The lowest BCUT2D eigenvalue weighted by molar-refractivity contribution is -0.117. The molecule has 0 aliphatic rings. The van der Waals surface area contributed by atoms with Crippen molar-refractivity contribution in [3.63, 3.8) is 0 Å². The summed E-state index contributed by atoms with van der Waals surface area (Å²) in [5.41, 5.74) is 0.942. The van der Waals surface area contributed by atoms with Gasteiger partial charge in [-0.2, -0.15) is 0 Å². The molecular formula is C15H15BrN2O2. The van der Waals surface area contributed by atoms with Gasteiger partial charge in [0.1, 0.15) is 11.6 Å². The fraction of sp³-hybridized carbons (Fsp3) is 0.200. The molecule has 0 aliphatic heterocycles. The second-order valence-electron chi connectivity index (χ2n) is 4.31. The van der Waals surface area contributed by atoms with Crippen LogP contribution in [0.4, 0.5) is 5.82 Å². The Morgan fingerprint density at radius 3 is 2.60 bits per heavy atom. The van der Waals surface area contributed by atoms with Crippen LogP contribution in [0, 0.1) is 0 Å². The first kappa shape index (κ1) is 14.5. The molecule has 5 heteroatoms. The number of pyridine rings is 1. The maximum absolute atomic E-state index is 12.2. The minimum atomic E-state index is -0.0132. The van der Waals surface area contributed by atoms with Crippen molar-refractivity contribution in [1.29, 1.82) is 0 Å². The Labute approximate surface area is 126 Å². The molecule has 0 unspecified atom stereocenters. The van der Waals surface area contributed by atoms with Gasteiger partial charge in [0.2, 0.25) is 5.91 Å². The SMILES string of the molecule is COc1ccc(CC(=O)N(C)c2cc(Br)ccn2)cc1. The van der Waals surface area contributed by atoms with E-state index >= 15 is 0 Å². The third kappa shape index (κ3) is 3.57. The number of ether oxygens (including phenoxy) is 1. The van der Waals surface area contributed by atoms with Crippen LogP contribution in [0.1, 0.15) is 5.56 Å². The fourth-order valence-electron chi connectivity index (χ4n) is 1.74. The second kappa shape index (κ2) is 6.52. The number of halogens is 1. The smallest absolute Gasteiger partial charge is 0.232 e. The molecule has 0 radical (unpaired) electrons. The van der Waals surface area contributed by atoms with Gasteiger partial charge in [-0.15, -0.1) is 0 Å². The predicted molar refractivity (Wildman–Crippen MR) is 82.0 cm³/mol. The monoisotopic (exact) mass is 334 g/mol. The first-order valence-corrected chi connectivity index (χ1v) is 6.90. The summed E-state index contributed by atoms with van der Waals surface area (Å²) in [6.45, 7) is 0. The number of anilines is 1. The predicted octanol–water partition coefficient (Wildman–Crippen LogP) is 3.06. The molecule has 20 heavy (non-hydrogen) atoms. The number of benzene rings is 1. The maximum Gasteiger partial charge on any atom is 0.232 e. The Kier molecular flexibility index (Phi) is 4.74. The third-order valence-electron chi connectivity index (χ3n) is 2.94. The van der Waals surface area contributed by atoms with E-state index < -0.39 is 0 Å². The van der Waals surface area contributed by atoms with Crippen LogP contribution < -0.4 is 9.64 Å². The van der Waals surface area contributed by atoms with E-state index in [-0.39, 0.29) is 5.91 Å². The molecule has 1 heterocycles. The van der Waals surface area contributed by atoms with E-state index in [0.29, 0.717) is 12.2 Å². The van der Waals surface area contributed by atoms with E-state index in [1.807, 2.05) is 36.4 Å². The standard InChI is InChI=1S/C15H15BrN2O2/c1-18(14-10-12(16)7-8-17-14)15(19)9-11-3-5-13(20-2)6-4-11/h3-8,10H,9H2,1-2H3. The number of aromatic nitrogens is 1. The Balaban J connectivity index is 2.07. The zero-order chi connectivity index (χ0) is 14.5. The molecule has 1 aromatic heterocycles. The Bertz CT molecular complexity index is 599. The zero-order valence-electron chi connectivity index (χ0n) is 11.3. The van der Waals surface area contributed by atoms with E-state index in [0.717, 1.165) is 15.8 Å². The van der Waals surface area contributed by atoms with Crippen LogP contribution in [0.3, 0.4) is 0 Å². The largest absolute Gasteiger partial charge is 0.497 e. The molecule has 0 aliphatic carbocycles. The summed E-state index contributed by atoms with van der Waals surface area (Å²) in [7, 11) is 3.34. The molecule has 2 rings (SSSR count). The summed E-state index contributed by atoms with van der Waals surface area (Å²) in [5.74, 6) is 1.39. The van der Waals surface area contributed by atoms with Crippen LogP contribution in [0.2, 0.25) is 0 Å². The highest BCUT2D eigenvalue weighted by Gasteiger charge is 2.13. The lowest BCUT2D eigenvalue weighted by Crippen LogP contribution is -2.28. The van der Waals surface area contributed by atoms with Crippen LogP contribution in [0.5, 0.6) is 5.75 Å². The first-order chi connectivity index (χ1) is 9.60. The summed E-state index contributed by atoms with van der Waals surface area (Å²) >= 11 is 3.37. The van der Waals surface area contributed by atoms with E-state index in [2.05, 4.69) is 20.9 Å². The van der Waals surface area contributed by atoms with E-state index in [1.54, 1.807) is 25.3 Å².